The van der Waals surface area contributed by atoms with E-state index in [-0.39, 0.29) is 30.9 Å². The average molecular weight is 253 g/mol. The second-order valence-corrected chi connectivity index (χ2v) is 5.52. The van der Waals surface area contributed by atoms with Crippen LogP contribution < -0.4 is 0 Å². The Hall–Kier alpha value is -0.900. The van der Waals surface area contributed by atoms with Crippen molar-refractivity contribution in [3.05, 3.63) is 0 Å². The summed E-state index contributed by atoms with van der Waals surface area (Å²) in [5.74, 6) is 0.133. The van der Waals surface area contributed by atoms with Crippen molar-refractivity contribution < 1.29 is 14.7 Å². The summed E-state index contributed by atoms with van der Waals surface area (Å²) in [7, 11) is 0. The summed E-state index contributed by atoms with van der Waals surface area (Å²) in [4.78, 5) is 25.2. The number of aliphatic hydroxyl groups excluding tert-OH is 1. The number of hydrogen-bond acceptors (Lipinski definition) is 3. The fourth-order valence-corrected chi connectivity index (χ4v) is 3.30. The first-order valence-electron chi connectivity index (χ1n) is 7.19. The van der Waals surface area contributed by atoms with E-state index < -0.39 is 0 Å². The summed E-state index contributed by atoms with van der Waals surface area (Å²) in [6, 6.07) is 0. The molecule has 2 fully saturated rings. The average Bonchev–Trinajstić information content (AvgIpc) is 2.57. The number of amides is 2. The summed E-state index contributed by atoms with van der Waals surface area (Å²) in [5.41, 5.74) is 0. The van der Waals surface area contributed by atoms with Crippen LogP contribution in [0.4, 0.5) is 0 Å². The number of carbonyl (C=O) groups is 2. The van der Waals surface area contributed by atoms with Crippen LogP contribution in [0, 0.1) is 11.8 Å². The van der Waals surface area contributed by atoms with Crippen molar-refractivity contribution in [2.45, 2.75) is 51.4 Å². The van der Waals surface area contributed by atoms with Gasteiger partial charge in [-0.2, -0.15) is 0 Å². The van der Waals surface area contributed by atoms with Gasteiger partial charge in [0.1, 0.15) is 0 Å². The van der Waals surface area contributed by atoms with Crippen molar-refractivity contribution in [3.8, 4) is 0 Å². The molecule has 102 valence electrons. The minimum Gasteiger partial charge on any atom is -0.395 e. The smallest absolute Gasteiger partial charge is 0.233 e. The van der Waals surface area contributed by atoms with E-state index in [2.05, 4.69) is 0 Å². The van der Waals surface area contributed by atoms with Crippen molar-refractivity contribution in [2.75, 3.05) is 13.2 Å². The fraction of sp³-hybridized carbons (Fsp3) is 0.857. The number of aliphatic hydroxyl groups is 1. The zero-order valence-electron chi connectivity index (χ0n) is 10.9. The lowest BCUT2D eigenvalue weighted by Gasteiger charge is -2.24. The Labute approximate surface area is 108 Å². The lowest BCUT2D eigenvalue weighted by atomic mass is 9.81. The van der Waals surface area contributed by atoms with E-state index in [9.17, 15) is 9.59 Å². The Morgan fingerprint density at radius 3 is 2.28 bits per heavy atom. The van der Waals surface area contributed by atoms with Crippen molar-refractivity contribution in [3.63, 3.8) is 0 Å². The zero-order chi connectivity index (χ0) is 13.0. The molecule has 1 N–H and O–H groups in total. The highest BCUT2D eigenvalue weighted by Crippen LogP contribution is 2.34. The molecule has 2 rings (SSSR count). The van der Waals surface area contributed by atoms with Crippen LogP contribution >= 0.6 is 0 Å². The monoisotopic (exact) mass is 253 g/mol. The van der Waals surface area contributed by atoms with Crippen LogP contribution in [0.15, 0.2) is 0 Å². The number of nitrogens with zero attached hydrogens (tertiary/aromatic N) is 1. The molecule has 0 radical (unpaired) electrons. The number of rotatable bonds is 3. The van der Waals surface area contributed by atoms with E-state index >= 15 is 0 Å². The van der Waals surface area contributed by atoms with E-state index in [1.165, 1.54) is 37.0 Å². The highest BCUT2D eigenvalue weighted by Gasteiger charge is 2.41. The van der Waals surface area contributed by atoms with Gasteiger partial charge in [-0.3, -0.25) is 14.5 Å². The summed E-state index contributed by atoms with van der Waals surface area (Å²) in [5, 5.41) is 8.89. The molecule has 4 heteroatoms. The first kappa shape index (κ1) is 13.5. The van der Waals surface area contributed by atoms with Crippen molar-refractivity contribution >= 4 is 11.8 Å². The van der Waals surface area contributed by atoms with Crippen molar-refractivity contribution in [2.24, 2.45) is 11.8 Å². The molecule has 0 spiro atoms. The lowest BCUT2D eigenvalue weighted by Crippen LogP contribution is -2.34. The highest BCUT2D eigenvalue weighted by molar-refractivity contribution is 6.03. The zero-order valence-corrected chi connectivity index (χ0v) is 10.9. The van der Waals surface area contributed by atoms with Gasteiger partial charge in [-0.05, 0) is 18.8 Å². The normalized spacial score (nSPS) is 27.4. The van der Waals surface area contributed by atoms with Gasteiger partial charge in [0.15, 0.2) is 0 Å². The first-order valence-corrected chi connectivity index (χ1v) is 7.19. The van der Waals surface area contributed by atoms with Crippen molar-refractivity contribution in [1.82, 2.24) is 4.90 Å². The second kappa shape index (κ2) is 6.32. The third-order valence-corrected chi connectivity index (χ3v) is 4.32. The third-order valence-electron chi connectivity index (χ3n) is 4.32. The van der Waals surface area contributed by atoms with E-state index in [1.54, 1.807) is 0 Å². The van der Waals surface area contributed by atoms with Gasteiger partial charge in [0.2, 0.25) is 11.8 Å². The molecule has 0 aromatic heterocycles. The first-order chi connectivity index (χ1) is 8.74. The molecule has 1 aliphatic carbocycles. The van der Waals surface area contributed by atoms with Crippen molar-refractivity contribution in [1.29, 1.82) is 0 Å². The van der Waals surface area contributed by atoms with Gasteiger partial charge in [-0.25, -0.2) is 0 Å². The molecule has 1 saturated carbocycles. The maximum atomic E-state index is 12.2. The van der Waals surface area contributed by atoms with Gasteiger partial charge in [0.05, 0.1) is 19.1 Å². The van der Waals surface area contributed by atoms with Crippen LogP contribution in [0.1, 0.15) is 51.4 Å². The van der Waals surface area contributed by atoms with E-state index in [4.69, 9.17) is 5.11 Å². The van der Waals surface area contributed by atoms with Crippen LogP contribution in [-0.2, 0) is 9.59 Å². The van der Waals surface area contributed by atoms with Crippen LogP contribution in [0.3, 0.4) is 0 Å². The van der Waals surface area contributed by atoms with Crippen LogP contribution in [0.5, 0.6) is 0 Å². The maximum absolute atomic E-state index is 12.2. The number of imide groups is 1. The summed E-state index contributed by atoms with van der Waals surface area (Å²) >= 11 is 0. The second-order valence-electron chi connectivity index (χ2n) is 5.52. The van der Waals surface area contributed by atoms with Gasteiger partial charge >= 0.3 is 0 Å². The van der Waals surface area contributed by atoms with E-state index in [0.29, 0.717) is 12.3 Å². The Bertz CT molecular complexity index is 308. The Kier molecular flexibility index (Phi) is 4.75. The quantitative estimate of drug-likeness (QED) is 0.779. The molecule has 1 atom stereocenters. The SMILES string of the molecule is O=C1CC(C2CCCCCCC2)C(=O)N1CCO. The van der Waals surface area contributed by atoms with E-state index in [1.807, 2.05) is 0 Å². The number of carbonyl (C=O) groups excluding carboxylic acids is 2. The number of hydrogen-bond donors (Lipinski definition) is 1. The number of β-amino-alcohol motifs (C(OH)–C–C–N with tert-alkyl or cyclic N) is 1. The predicted molar refractivity (Wildman–Crippen MR) is 67.7 cm³/mol. The minimum atomic E-state index is -0.130. The molecule has 1 heterocycles. The molecule has 2 amide bonds. The van der Waals surface area contributed by atoms with Gasteiger partial charge in [-0.1, -0.05) is 32.1 Å². The molecule has 1 aliphatic heterocycles. The van der Waals surface area contributed by atoms with E-state index in [0.717, 1.165) is 12.8 Å². The summed E-state index contributed by atoms with van der Waals surface area (Å²) < 4.78 is 0. The Balaban J connectivity index is 1.99. The topological polar surface area (TPSA) is 57.6 Å². The molecule has 0 aromatic carbocycles. The summed E-state index contributed by atoms with van der Waals surface area (Å²) in [6.07, 6.45) is 8.71. The Morgan fingerprint density at radius 2 is 1.67 bits per heavy atom. The molecule has 1 saturated heterocycles. The summed E-state index contributed by atoms with van der Waals surface area (Å²) in [6.45, 7) is 0.0375. The van der Waals surface area contributed by atoms with Crippen LogP contribution in [0.25, 0.3) is 0 Å². The minimum absolute atomic E-state index is 0.0420. The van der Waals surface area contributed by atoms with Gasteiger partial charge in [0, 0.05) is 6.42 Å². The van der Waals surface area contributed by atoms with Crippen LogP contribution in [-0.4, -0.2) is 35.0 Å². The highest BCUT2D eigenvalue weighted by atomic mass is 16.3. The predicted octanol–water partition coefficient (Wildman–Crippen LogP) is 1.71. The number of likely N-dealkylation sites (tertiary alicyclic amines) is 1. The van der Waals surface area contributed by atoms with Gasteiger partial charge in [-0.15, -0.1) is 0 Å². The van der Waals surface area contributed by atoms with Crippen LogP contribution in [0.2, 0.25) is 0 Å². The molecule has 0 bridgehead atoms. The van der Waals surface area contributed by atoms with Gasteiger partial charge in [0.25, 0.3) is 0 Å². The molecule has 0 aromatic rings. The molecule has 4 nitrogen and oxygen atoms in total. The lowest BCUT2D eigenvalue weighted by molar-refractivity contribution is -0.140. The molecular weight excluding hydrogens is 230 g/mol. The largest absolute Gasteiger partial charge is 0.395 e. The standard InChI is InChI=1S/C14H23NO3/c16-9-8-15-13(17)10-12(14(15)18)11-6-4-2-1-3-5-7-11/h11-12,16H,1-10H2. The molecule has 18 heavy (non-hydrogen) atoms. The molecular formula is C14H23NO3. The Morgan fingerprint density at radius 1 is 1.06 bits per heavy atom. The third kappa shape index (κ3) is 2.91. The maximum Gasteiger partial charge on any atom is 0.233 e. The fourth-order valence-electron chi connectivity index (χ4n) is 3.30. The molecule has 2 aliphatic rings. The van der Waals surface area contributed by atoms with Gasteiger partial charge < -0.3 is 5.11 Å². The molecule has 1 unspecified atom stereocenters.